The summed E-state index contributed by atoms with van der Waals surface area (Å²) in [6.07, 6.45) is -2.76. The third-order valence-corrected chi connectivity index (χ3v) is 4.36. The van der Waals surface area contributed by atoms with Gasteiger partial charge in [0, 0.05) is 0 Å². The molecule has 0 heterocycles. The summed E-state index contributed by atoms with van der Waals surface area (Å²) < 4.78 is -0.695. The lowest BCUT2D eigenvalue weighted by atomic mass is 10.2. The Morgan fingerprint density at radius 1 is 1.17 bits per heavy atom. The average molecular weight is 214 g/mol. The van der Waals surface area contributed by atoms with Gasteiger partial charge in [0.1, 0.15) is 0 Å². The number of aliphatic hydroxyl groups excluding tert-OH is 2. The first-order valence-electron chi connectivity index (χ1n) is 3.39. The van der Waals surface area contributed by atoms with E-state index >= 15 is 0 Å². The van der Waals surface area contributed by atoms with Gasteiger partial charge >= 0.3 is 0 Å². The summed E-state index contributed by atoms with van der Waals surface area (Å²) in [5.41, 5.74) is 0. The van der Waals surface area contributed by atoms with Crippen LogP contribution in [0.2, 0.25) is 0 Å². The van der Waals surface area contributed by atoms with Crippen molar-refractivity contribution >= 4 is 21.6 Å². The lowest BCUT2D eigenvalue weighted by Gasteiger charge is -2.24. The molecule has 0 aromatic heterocycles. The van der Waals surface area contributed by atoms with Gasteiger partial charge in [-0.25, -0.2) is 0 Å². The van der Waals surface area contributed by atoms with Crippen molar-refractivity contribution in [2.24, 2.45) is 0 Å². The zero-order valence-electron chi connectivity index (χ0n) is 6.97. The summed E-state index contributed by atoms with van der Waals surface area (Å²) in [4.78, 5) is 0. The maximum atomic E-state index is 8.84. The molecule has 0 fully saturated rings. The molecule has 0 aromatic rings. The van der Waals surface area contributed by atoms with Crippen molar-refractivity contribution in [3.05, 3.63) is 0 Å². The summed E-state index contributed by atoms with van der Waals surface area (Å²) in [6, 6.07) is 0. The fourth-order valence-electron chi connectivity index (χ4n) is 0.290. The summed E-state index contributed by atoms with van der Waals surface area (Å²) >= 11 is 0. The molecule has 0 spiro atoms. The molecule has 0 bridgehead atoms. The summed E-state index contributed by atoms with van der Waals surface area (Å²) in [5, 5.41) is 34.7. The Balaban J connectivity index is 3.61. The van der Waals surface area contributed by atoms with Gasteiger partial charge in [-0.15, -0.1) is 0 Å². The quantitative estimate of drug-likeness (QED) is 0.374. The summed E-state index contributed by atoms with van der Waals surface area (Å²) in [6.45, 7) is 3.33. The average Bonchev–Trinajstić information content (AvgIpc) is 1.85. The molecule has 0 saturated heterocycles. The third kappa shape index (κ3) is 5.23. The van der Waals surface area contributed by atoms with Crippen molar-refractivity contribution in [3.63, 3.8) is 0 Å². The molecule has 4 nitrogen and oxygen atoms in total. The zero-order chi connectivity index (χ0) is 9.78. The molecular weight excluding hydrogens is 200 g/mol. The van der Waals surface area contributed by atoms with Gasteiger partial charge in [0.2, 0.25) is 0 Å². The van der Waals surface area contributed by atoms with Crippen molar-refractivity contribution in [2.75, 3.05) is 5.75 Å². The highest BCUT2D eigenvalue weighted by molar-refractivity contribution is 8.77. The van der Waals surface area contributed by atoms with E-state index in [0.29, 0.717) is 0 Å². The van der Waals surface area contributed by atoms with Crippen LogP contribution in [0, 0.1) is 0 Å². The minimum Gasteiger partial charge on any atom is -0.367 e. The molecule has 0 saturated carbocycles. The topological polar surface area (TPSA) is 80.9 Å². The predicted molar refractivity (Wildman–Crippen MR) is 50.6 cm³/mol. The SMILES string of the molecule is CC(C)(SSCC(O)O)C(O)O. The third-order valence-electron chi connectivity index (χ3n) is 1.11. The van der Waals surface area contributed by atoms with Crippen LogP contribution in [0.25, 0.3) is 0 Å². The first-order valence-corrected chi connectivity index (χ1v) is 5.71. The van der Waals surface area contributed by atoms with E-state index in [0.717, 1.165) is 0 Å². The molecule has 0 rings (SSSR count). The molecule has 0 aliphatic rings. The first kappa shape index (κ1) is 12.5. The Labute approximate surface area is 79.4 Å². The van der Waals surface area contributed by atoms with E-state index in [1.165, 1.54) is 21.6 Å². The van der Waals surface area contributed by atoms with E-state index in [-0.39, 0.29) is 5.75 Å². The van der Waals surface area contributed by atoms with Gasteiger partial charge < -0.3 is 20.4 Å². The zero-order valence-corrected chi connectivity index (χ0v) is 8.60. The highest BCUT2D eigenvalue weighted by atomic mass is 33.1. The minimum atomic E-state index is -1.41. The van der Waals surface area contributed by atoms with Crippen molar-refractivity contribution in [1.82, 2.24) is 0 Å². The van der Waals surface area contributed by atoms with E-state index < -0.39 is 17.3 Å². The first-order chi connectivity index (χ1) is 5.36. The van der Waals surface area contributed by atoms with E-state index in [9.17, 15) is 0 Å². The second kappa shape index (κ2) is 5.31. The summed E-state index contributed by atoms with van der Waals surface area (Å²) in [5.74, 6) is 0.154. The second-order valence-electron chi connectivity index (χ2n) is 2.83. The van der Waals surface area contributed by atoms with Crippen LogP contribution in [0.5, 0.6) is 0 Å². The van der Waals surface area contributed by atoms with Crippen LogP contribution in [0.15, 0.2) is 0 Å². The molecule has 0 unspecified atom stereocenters. The van der Waals surface area contributed by atoms with Crippen molar-refractivity contribution in [3.8, 4) is 0 Å². The maximum absolute atomic E-state index is 8.84. The van der Waals surface area contributed by atoms with Crippen molar-refractivity contribution in [1.29, 1.82) is 0 Å². The Kier molecular flexibility index (Phi) is 5.55. The summed E-state index contributed by atoms with van der Waals surface area (Å²) in [7, 11) is 2.41. The van der Waals surface area contributed by atoms with Crippen LogP contribution in [0.1, 0.15) is 13.8 Å². The Morgan fingerprint density at radius 3 is 2.00 bits per heavy atom. The van der Waals surface area contributed by atoms with E-state index in [1.54, 1.807) is 13.8 Å². The highest BCUT2D eigenvalue weighted by Gasteiger charge is 2.27. The van der Waals surface area contributed by atoms with Gasteiger partial charge in [-0.3, -0.25) is 0 Å². The molecule has 0 amide bonds. The Bertz CT molecular complexity index is 127. The monoisotopic (exact) mass is 214 g/mol. The number of hydrogen-bond donors (Lipinski definition) is 4. The van der Waals surface area contributed by atoms with Crippen molar-refractivity contribution in [2.45, 2.75) is 31.2 Å². The molecule has 0 aliphatic heterocycles. The van der Waals surface area contributed by atoms with Gasteiger partial charge in [0.25, 0.3) is 0 Å². The van der Waals surface area contributed by atoms with Crippen LogP contribution >= 0.6 is 21.6 Å². The normalized spacial score (nSPS) is 13.0. The van der Waals surface area contributed by atoms with Crippen LogP contribution in [-0.2, 0) is 0 Å². The van der Waals surface area contributed by atoms with Crippen LogP contribution < -0.4 is 0 Å². The standard InChI is InChI=1S/C6H14O4S2/c1-6(2,5(9)10)12-11-3-4(7)8/h4-5,7-10H,3H2,1-2H3. The van der Waals surface area contributed by atoms with E-state index in [1.807, 2.05) is 0 Å². The Hall–Kier alpha value is 0.540. The molecule has 0 radical (unpaired) electrons. The van der Waals surface area contributed by atoms with E-state index in [4.69, 9.17) is 20.4 Å². The molecule has 0 atom stereocenters. The van der Waals surface area contributed by atoms with Gasteiger partial charge in [-0.1, -0.05) is 21.6 Å². The lowest BCUT2D eigenvalue weighted by Crippen LogP contribution is -2.31. The highest BCUT2D eigenvalue weighted by Crippen LogP contribution is 2.37. The maximum Gasteiger partial charge on any atom is 0.166 e. The lowest BCUT2D eigenvalue weighted by molar-refractivity contribution is -0.0602. The van der Waals surface area contributed by atoms with Gasteiger partial charge in [-0.2, -0.15) is 0 Å². The van der Waals surface area contributed by atoms with Crippen LogP contribution in [-0.4, -0.2) is 43.5 Å². The molecule has 6 heteroatoms. The fraction of sp³-hybridized carbons (Fsp3) is 1.00. The predicted octanol–water partition coefficient (Wildman–Crippen LogP) is -0.232. The molecule has 0 aliphatic carbocycles. The van der Waals surface area contributed by atoms with Crippen LogP contribution in [0.3, 0.4) is 0 Å². The molecule has 0 aromatic carbocycles. The van der Waals surface area contributed by atoms with Gasteiger partial charge in [0.05, 0.1) is 10.5 Å². The second-order valence-corrected chi connectivity index (χ2v) is 5.82. The Morgan fingerprint density at radius 2 is 1.67 bits per heavy atom. The molecule has 12 heavy (non-hydrogen) atoms. The molecule has 4 N–H and O–H groups in total. The minimum absolute atomic E-state index is 0.154. The largest absolute Gasteiger partial charge is 0.367 e. The van der Waals surface area contributed by atoms with Crippen molar-refractivity contribution < 1.29 is 20.4 Å². The number of aliphatic hydroxyl groups is 4. The van der Waals surface area contributed by atoms with Gasteiger partial charge in [0.15, 0.2) is 12.6 Å². The smallest absolute Gasteiger partial charge is 0.166 e. The number of hydrogen-bond acceptors (Lipinski definition) is 6. The van der Waals surface area contributed by atoms with E-state index in [2.05, 4.69) is 0 Å². The molecule has 74 valence electrons. The van der Waals surface area contributed by atoms with Crippen LogP contribution in [0.4, 0.5) is 0 Å². The number of rotatable bonds is 5. The molecular formula is C6H14O4S2. The fourth-order valence-corrected chi connectivity index (χ4v) is 2.61. The van der Waals surface area contributed by atoms with Gasteiger partial charge in [-0.05, 0) is 13.8 Å².